The summed E-state index contributed by atoms with van der Waals surface area (Å²) in [5.74, 6) is -1.66. The van der Waals surface area contributed by atoms with E-state index in [2.05, 4.69) is 10.0 Å². The van der Waals surface area contributed by atoms with Gasteiger partial charge in [0.15, 0.2) is 0 Å². The van der Waals surface area contributed by atoms with Gasteiger partial charge in [-0.15, -0.1) is 0 Å². The summed E-state index contributed by atoms with van der Waals surface area (Å²) in [7, 11) is -3.26. The Balaban J connectivity index is 4.72. The first-order valence-corrected chi connectivity index (χ1v) is 5.75. The topological polar surface area (TPSA) is 120 Å². The number of hydrogen-bond donors (Lipinski definition) is 1. The fourth-order valence-corrected chi connectivity index (χ4v) is 1.45. The molecule has 0 aromatic carbocycles. The first kappa shape index (κ1) is 12.7. The number of rotatable bonds is 5. The lowest BCUT2D eigenvalue weighted by atomic mass is 10.0. The second kappa shape index (κ2) is 4.30. The summed E-state index contributed by atoms with van der Waals surface area (Å²) in [4.78, 5) is 13.0. The predicted octanol–water partition coefficient (Wildman–Crippen LogP) is 0.575. The Morgan fingerprint density at radius 2 is 2.14 bits per heavy atom. The number of carboxylic acids is 1. The van der Waals surface area contributed by atoms with Crippen molar-refractivity contribution in [1.82, 2.24) is 0 Å². The van der Waals surface area contributed by atoms with E-state index < -0.39 is 21.3 Å². The maximum atomic E-state index is 10.8. The van der Waals surface area contributed by atoms with E-state index in [1.54, 1.807) is 0 Å². The van der Waals surface area contributed by atoms with Crippen molar-refractivity contribution >= 4 is 15.8 Å². The maximum absolute atomic E-state index is 10.8. The normalized spacial score (nSPS) is 15.3. The highest BCUT2D eigenvalue weighted by atomic mass is 32.2. The molecular formula is C6H11N3O4S. The van der Waals surface area contributed by atoms with Gasteiger partial charge in [-0.2, -0.15) is 0 Å². The van der Waals surface area contributed by atoms with E-state index in [0.29, 0.717) is 0 Å². The van der Waals surface area contributed by atoms with E-state index in [1.165, 1.54) is 6.92 Å². The number of hydrogen-bond acceptors (Lipinski definition) is 4. The molecule has 0 aromatic heterocycles. The van der Waals surface area contributed by atoms with Gasteiger partial charge in [-0.3, -0.25) is 4.79 Å². The Bertz CT molecular complexity index is 367. The second-order valence-corrected chi connectivity index (χ2v) is 5.41. The quantitative estimate of drug-likeness (QED) is 0.414. The van der Waals surface area contributed by atoms with Gasteiger partial charge in [0.05, 0.1) is 5.75 Å². The van der Waals surface area contributed by atoms with Crippen LogP contribution in [0, 0.1) is 0 Å². The minimum Gasteiger partial charge on any atom is -0.481 e. The SMILES string of the molecule is C[C@@](CCS(C)(=O)=O)(N=[N+]=[N-])C(=O)O. The third-order valence-electron chi connectivity index (χ3n) is 1.69. The lowest BCUT2D eigenvalue weighted by Gasteiger charge is -2.17. The molecule has 8 heteroatoms. The molecule has 1 N–H and O–H groups in total. The number of azide groups is 1. The van der Waals surface area contributed by atoms with Gasteiger partial charge in [-0.25, -0.2) is 8.42 Å². The standard InChI is InChI=1S/C6H11N3O4S/c1-6(5(10)11,8-9-7)3-4-14(2,12)13/h3-4H2,1-2H3,(H,10,11)/t6-/m0/s1. The van der Waals surface area contributed by atoms with Gasteiger partial charge >= 0.3 is 5.97 Å². The summed E-state index contributed by atoms with van der Waals surface area (Å²) < 4.78 is 21.6. The molecule has 0 bridgehead atoms. The van der Waals surface area contributed by atoms with Gasteiger partial charge in [0, 0.05) is 11.2 Å². The smallest absolute Gasteiger partial charge is 0.315 e. The zero-order valence-corrected chi connectivity index (χ0v) is 8.65. The number of carboxylic acid groups (broad SMARTS) is 1. The number of carbonyl (C=O) groups is 1. The highest BCUT2D eigenvalue weighted by Crippen LogP contribution is 2.17. The molecule has 0 saturated heterocycles. The third kappa shape index (κ3) is 4.11. The van der Waals surface area contributed by atoms with Crippen molar-refractivity contribution in [2.75, 3.05) is 12.0 Å². The van der Waals surface area contributed by atoms with Crippen molar-refractivity contribution in [3.8, 4) is 0 Å². The molecule has 80 valence electrons. The van der Waals surface area contributed by atoms with Crippen LogP contribution < -0.4 is 0 Å². The van der Waals surface area contributed by atoms with Crippen LogP contribution in [0.2, 0.25) is 0 Å². The van der Waals surface area contributed by atoms with E-state index in [0.717, 1.165) is 6.26 Å². The lowest BCUT2D eigenvalue weighted by Crippen LogP contribution is -2.34. The van der Waals surface area contributed by atoms with Gasteiger partial charge in [-0.05, 0) is 18.9 Å². The minimum absolute atomic E-state index is 0.231. The van der Waals surface area contributed by atoms with Gasteiger partial charge < -0.3 is 5.11 Å². The minimum atomic E-state index is -3.26. The molecule has 0 aliphatic rings. The molecule has 1 atom stereocenters. The third-order valence-corrected chi connectivity index (χ3v) is 2.63. The second-order valence-electron chi connectivity index (χ2n) is 3.15. The van der Waals surface area contributed by atoms with Crippen molar-refractivity contribution in [2.24, 2.45) is 5.11 Å². The highest BCUT2D eigenvalue weighted by Gasteiger charge is 2.32. The number of aliphatic carboxylic acids is 1. The van der Waals surface area contributed by atoms with Crippen LogP contribution in [0.25, 0.3) is 10.4 Å². The van der Waals surface area contributed by atoms with Crippen LogP contribution in [-0.2, 0) is 14.6 Å². The van der Waals surface area contributed by atoms with E-state index in [1.807, 2.05) is 0 Å². The summed E-state index contributed by atoms with van der Waals surface area (Å²) in [5.41, 5.74) is 6.43. The zero-order valence-electron chi connectivity index (χ0n) is 7.84. The van der Waals surface area contributed by atoms with Crippen molar-refractivity contribution < 1.29 is 18.3 Å². The molecule has 0 aromatic rings. The van der Waals surface area contributed by atoms with Crippen molar-refractivity contribution in [3.63, 3.8) is 0 Å². The summed E-state index contributed by atoms with van der Waals surface area (Å²) in [6, 6.07) is 0. The molecule has 7 nitrogen and oxygen atoms in total. The van der Waals surface area contributed by atoms with Crippen molar-refractivity contribution in [3.05, 3.63) is 10.4 Å². The van der Waals surface area contributed by atoms with Gasteiger partial charge in [0.2, 0.25) is 0 Å². The molecule has 0 heterocycles. The van der Waals surface area contributed by atoms with Crippen LogP contribution >= 0.6 is 0 Å². The van der Waals surface area contributed by atoms with Crippen molar-refractivity contribution in [2.45, 2.75) is 18.9 Å². The van der Waals surface area contributed by atoms with Gasteiger partial charge in [0.1, 0.15) is 15.4 Å². The molecular weight excluding hydrogens is 210 g/mol. The van der Waals surface area contributed by atoms with E-state index >= 15 is 0 Å². The monoisotopic (exact) mass is 221 g/mol. The summed E-state index contributed by atoms with van der Waals surface area (Å²) >= 11 is 0. The molecule has 0 rings (SSSR count). The highest BCUT2D eigenvalue weighted by molar-refractivity contribution is 7.90. The van der Waals surface area contributed by atoms with Crippen LogP contribution in [0.1, 0.15) is 13.3 Å². The first-order chi connectivity index (χ1) is 6.21. The van der Waals surface area contributed by atoms with E-state index in [-0.39, 0.29) is 12.2 Å². The zero-order chi connectivity index (χ0) is 11.4. The van der Waals surface area contributed by atoms with E-state index in [4.69, 9.17) is 10.6 Å². The predicted molar refractivity (Wildman–Crippen MR) is 49.5 cm³/mol. The Hall–Kier alpha value is -1.27. The lowest BCUT2D eigenvalue weighted by molar-refractivity contribution is -0.142. The Labute approximate surface area is 81.3 Å². The number of sulfone groups is 1. The van der Waals surface area contributed by atoms with Crippen LogP contribution in [0.5, 0.6) is 0 Å². The molecule has 0 saturated carbocycles. The first-order valence-electron chi connectivity index (χ1n) is 3.69. The average molecular weight is 221 g/mol. The van der Waals surface area contributed by atoms with Crippen LogP contribution in [-0.4, -0.2) is 37.0 Å². The average Bonchev–Trinajstić information content (AvgIpc) is 2.00. The van der Waals surface area contributed by atoms with Crippen LogP contribution in [0.4, 0.5) is 0 Å². The van der Waals surface area contributed by atoms with Gasteiger partial charge in [0.25, 0.3) is 0 Å². The Kier molecular flexibility index (Phi) is 3.91. The Morgan fingerprint density at radius 3 is 2.43 bits per heavy atom. The molecule has 0 unspecified atom stereocenters. The van der Waals surface area contributed by atoms with Crippen LogP contribution in [0.3, 0.4) is 0 Å². The summed E-state index contributed by atoms with van der Waals surface area (Å²) in [6.45, 7) is 1.18. The van der Waals surface area contributed by atoms with Crippen molar-refractivity contribution in [1.29, 1.82) is 0 Å². The molecule has 0 aliphatic carbocycles. The molecule has 0 radical (unpaired) electrons. The largest absolute Gasteiger partial charge is 0.481 e. The maximum Gasteiger partial charge on any atom is 0.315 e. The van der Waals surface area contributed by atoms with Crippen LogP contribution in [0.15, 0.2) is 5.11 Å². The number of nitrogens with zero attached hydrogens (tertiary/aromatic N) is 3. The summed E-state index contributed by atoms with van der Waals surface area (Å²) in [6.07, 6.45) is 0.761. The summed E-state index contributed by atoms with van der Waals surface area (Å²) in [5, 5.41) is 11.8. The van der Waals surface area contributed by atoms with E-state index in [9.17, 15) is 13.2 Å². The Morgan fingerprint density at radius 1 is 1.64 bits per heavy atom. The molecule has 0 amide bonds. The molecule has 0 fully saturated rings. The molecule has 0 aliphatic heterocycles. The fourth-order valence-electron chi connectivity index (χ4n) is 0.683. The van der Waals surface area contributed by atoms with Gasteiger partial charge in [-0.1, -0.05) is 5.11 Å². The molecule has 0 spiro atoms. The molecule has 14 heavy (non-hydrogen) atoms. The fraction of sp³-hybridized carbons (Fsp3) is 0.833.